The van der Waals surface area contributed by atoms with E-state index in [4.69, 9.17) is 19.3 Å². The summed E-state index contributed by atoms with van der Waals surface area (Å²) in [7, 11) is 0. The highest BCUT2D eigenvalue weighted by atomic mass is 16.5. The first-order chi connectivity index (χ1) is 20.4. The SMILES string of the molecule is C=CCCCC(=O)OCC(Cc1ccc(OCc2ccccc2)cc1)NC(=O)C(CC=C)CC(=O)NCCOCCO. The van der Waals surface area contributed by atoms with Crippen LogP contribution >= 0.6 is 0 Å². The van der Waals surface area contributed by atoms with Gasteiger partial charge in [-0.2, -0.15) is 0 Å². The maximum absolute atomic E-state index is 13.3. The van der Waals surface area contributed by atoms with E-state index in [1.165, 1.54) is 0 Å². The minimum absolute atomic E-state index is 0.000122. The first-order valence-corrected chi connectivity index (χ1v) is 14.3. The van der Waals surface area contributed by atoms with E-state index >= 15 is 0 Å². The van der Waals surface area contributed by atoms with E-state index in [-0.39, 0.29) is 63.6 Å². The molecular formula is C33H44N2O7. The highest BCUT2D eigenvalue weighted by Crippen LogP contribution is 2.17. The number of aliphatic hydroxyl groups is 1. The van der Waals surface area contributed by atoms with Crippen molar-refractivity contribution in [2.24, 2.45) is 5.92 Å². The molecular weight excluding hydrogens is 536 g/mol. The van der Waals surface area contributed by atoms with Crippen LogP contribution in [0.2, 0.25) is 0 Å². The van der Waals surface area contributed by atoms with Gasteiger partial charge in [0.1, 0.15) is 19.0 Å². The maximum Gasteiger partial charge on any atom is 0.305 e. The van der Waals surface area contributed by atoms with Gasteiger partial charge in [0.15, 0.2) is 0 Å². The third kappa shape index (κ3) is 14.6. The van der Waals surface area contributed by atoms with Crippen molar-refractivity contribution < 1.29 is 33.7 Å². The fourth-order valence-electron chi connectivity index (χ4n) is 4.08. The Morgan fingerprint density at radius 2 is 1.71 bits per heavy atom. The molecule has 0 radical (unpaired) electrons. The number of carbonyl (C=O) groups is 3. The number of rotatable bonds is 22. The van der Waals surface area contributed by atoms with E-state index in [2.05, 4.69) is 23.8 Å². The number of amides is 2. The lowest BCUT2D eigenvalue weighted by atomic mass is 9.98. The van der Waals surface area contributed by atoms with E-state index in [0.29, 0.717) is 32.3 Å². The highest BCUT2D eigenvalue weighted by molar-refractivity contribution is 5.86. The number of hydrogen-bond donors (Lipinski definition) is 3. The molecule has 0 saturated carbocycles. The van der Waals surface area contributed by atoms with Gasteiger partial charge in [-0.1, -0.05) is 54.6 Å². The number of esters is 1. The van der Waals surface area contributed by atoms with Crippen LogP contribution in [0.25, 0.3) is 0 Å². The number of unbranched alkanes of at least 4 members (excludes halogenated alkanes) is 1. The fourth-order valence-corrected chi connectivity index (χ4v) is 4.08. The fraction of sp³-hybridized carbons (Fsp3) is 0.424. The minimum atomic E-state index is -0.639. The normalized spacial score (nSPS) is 12.0. The van der Waals surface area contributed by atoms with Crippen LogP contribution in [0.1, 0.15) is 43.2 Å². The molecule has 2 aromatic rings. The zero-order chi connectivity index (χ0) is 30.4. The molecule has 0 fully saturated rings. The summed E-state index contributed by atoms with van der Waals surface area (Å²) in [6, 6.07) is 16.9. The lowest BCUT2D eigenvalue weighted by molar-refractivity contribution is -0.145. The largest absolute Gasteiger partial charge is 0.489 e. The predicted molar refractivity (Wildman–Crippen MR) is 162 cm³/mol. The predicted octanol–water partition coefficient (Wildman–Crippen LogP) is 3.90. The molecule has 42 heavy (non-hydrogen) atoms. The lowest BCUT2D eigenvalue weighted by Crippen LogP contribution is -2.44. The van der Waals surface area contributed by atoms with Gasteiger partial charge in [0.2, 0.25) is 11.8 Å². The number of carbonyl (C=O) groups excluding carboxylic acids is 3. The molecule has 3 N–H and O–H groups in total. The number of aliphatic hydroxyl groups excluding tert-OH is 1. The van der Waals surface area contributed by atoms with Crippen LogP contribution in [0.15, 0.2) is 79.9 Å². The van der Waals surface area contributed by atoms with E-state index < -0.39 is 12.0 Å². The Morgan fingerprint density at radius 1 is 0.952 bits per heavy atom. The van der Waals surface area contributed by atoms with Crippen molar-refractivity contribution >= 4 is 17.8 Å². The average molecular weight is 581 g/mol. The summed E-state index contributed by atoms with van der Waals surface area (Å²) in [6.07, 6.45) is 5.67. The van der Waals surface area contributed by atoms with Gasteiger partial charge in [-0.05, 0) is 48.9 Å². The van der Waals surface area contributed by atoms with Gasteiger partial charge < -0.3 is 30.0 Å². The number of benzene rings is 2. The molecule has 9 nitrogen and oxygen atoms in total. The van der Waals surface area contributed by atoms with E-state index in [1.54, 1.807) is 12.2 Å². The first-order valence-electron chi connectivity index (χ1n) is 14.3. The molecule has 0 aliphatic heterocycles. The molecule has 0 saturated heterocycles. The van der Waals surface area contributed by atoms with Crippen molar-refractivity contribution in [3.05, 3.63) is 91.0 Å². The second kappa shape index (κ2) is 20.9. The molecule has 0 bridgehead atoms. The number of nitrogens with one attached hydrogen (secondary N) is 2. The van der Waals surface area contributed by atoms with Crippen molar-refractivity contribution in [2.45, 2.75) is 51.2 Å². The summed E-state index contributed by atoms with van der Waals surface area (Å²) >= 11 is 0. The van der Waals surface area contributed by atoms with Gasteiger partial charge in [0.05, 0.1) is 31.8 Å². The van der Waals surface area contributed by atoms with E-state index in [0.717, 1.165) is 16.9 Å². The Bertz CT molecular complexity index is 1090. The summed E-state index contributed by atoms with van der Waals surface area (Å²) in [5.74, 6) is -0.875. The highest BCUT2D eigenvalue weighted by Gasteiger charge is 2.24. The van der Waals surface area contributed by atoms with Crippen molar-refractivity contribution in [3.63, 3.8) is 0 Å². The maximum atomic E-state index is 13.3. The smallest absolute Gasteiger partial charge is 0.305 e. The monoisotopic (exact) mass is 580 g/mol. The van der Waals surface area contributed by atoms with Crippen LogP contribution in [0, 0.1) is 5.92 Å². The molecule has 0 aliphatic rings. The van der Waals surface area contributed by atoms with Gasteiger partial charge >= 0.3 is 5.97 Å². The lowest BCUT2D eigenvalue weighted by Gasteiger charge is -2.22. The average Bonchev–Trinajstić information content (AvgIpc) is 3.00. The molecule has 0 heterocycles. The van der Waals surface area contributed by atoms with Crippen LogP contribution in [0.3, 0.4) is 0 Å². The van der Waals surface area contributed by atoms with Crippen LogP contribution in [-0.2, 0) is 36.9 Å². The van der Waals surface area contributed by atoms with Crippen molar-refractivity contribution in [3.8, 4) is 5.75 Å². The second-order valence-corrected chi connectivity index (χ2v) is 9.80. The summed E-state index contributed by atoms with van der Waals surface area (Å²) in [5, 5.41) is 14.5. The Balaban J connectivity index is 2.00. The van der Waals surface area contributed by atoms with Gasteiger partial charge in [0.25, 0.3) is 0 Å². The molecule has 2 rings (SSSR count). The van der Waals surface area contributed by atoms with Crippen molar-refractivity contribution in [1.82, 2.24) is 10.6 Å². The van der Waals surface area contributed by atoms with Crippen LogP contribution in [0.5, 0.6) is 5.75 Å². The number of hydrogen-bond acceptors (Lipinski definition) is 7. The Hall–Kier alpha value is -3.95. The van der Waals surface area contributed by atoms with Gasteiger partial charge in [-0.3, -0.25) is 14.4 Å². The van der Waals surface area contributed by atoms with Crippen molar-refractivity contribution in [1.29, 1.82) is 0 Å². The molecule has 9 heteroatoms. The molecule has 0 aromatic heterocycles. The van der Waals surface area contributed by atoms with Crippen LogP contribution < -0.4 is 15.4 Å². The zero-order valence-corrected chi connectivity index (χ0v) is 24.3. The van der Waals surface area contributed by atoms with Gasteiger partial charge in [-0.25, -0.2) is 0 Å². The van der Waals surface area contributed by atoms with Crippen LogP contribution in [0.4, 0.5) is 0 Å². The van der Waals surface area contributed by atoms with E-state index in [1.807, 2.05) is 54.6 Å². The van der Waals surface area contributed by atoms with Crippen molar-refractivity contribution in [2.75, 3.05) is 33.0 Å². The summed E-state index contributed by atoms with van der Waals surface area (Å²) < 4.78 is 16.5. The molecule has 2 aromatic carbocycles. The first kappa shape index (κ1) is 34.3. The molecule has 0 spiro atoms. The summed E-state index contributed by atoms with van der Waals surface area (Å²) in [4.78, 5) is 38.0. The van der Waals surface area contributed by atoms with E-state index in [9.17, 15) is 14.4 Å². The second-order valence-electron chi connectivity index (χ2n) is 9.80. The van der Waals surface area contributed by atoms with Gasteiger partial charge in [0, 0.05) is 19.4 Å². The molecule has 2 atom stereocenters. The molecule has 2 unspecified atom stereocenters. The Labute approximate surface area is 248 Å². The Kier molecular flexibility index (Phi) is 17.0. The number of ether oxygens (including phenoxy) is 3. The summed E-state index contributed by atoms with van der Waals surface area (Å²) in [5.41, 5.74) is 1.99. The molecule has 2 amide bonds. The molecule has 0 aliphatic carbocycles. The minimum Gasteiger partial charge on any atom is -0.489 e. The third-order valence-corrected chi connectivity index (χ3v) is 6.29. The Morgan fingerprint density at radius 3 is 2.40 bits per heavy atom. The summed E-state index contributed by atoms with van der Waals surface area (Å²) in [6.45, 7) is 8.49. The van der Waals surface area contributed by atoms with Gasteiger partial charge in [-0.15, -0.1) is 13.2 Å². The zero-order valence-electron chi connectivity index (χ0n) is 24.3. The quantitative estimate of drug-likeness (QED) is 0.110. The molecule has 228 valence electrons. The topological polar surface area (TPSA) is 123 Å². The van der Waals surface area contributed by atoms with Crippen LogP contribution in [-0.4, -0.2) is 61.9 Å². The standard InChI is InChI=1S/C33H44N2O7/c1-3-5-7-13-32(38)42-25-29(22-26-14-16-30(17-15-26)41-24-27-11-8-6-9-12-27)35-33(39)28(10-4-2)23-31(37)34-18-20-40-21-19-36/h3-4,6,8-9,11-12,14-17,28-29,36H,1-2,5,7,10,13,18-25H2,(H,34,37)(H,35,39). The number of allylic oxidation sites excluding steroid dienone is 2. The third-order valence-electron chi connectivity index (χ3n) is 6.29.